The number of rotatable bonds is 13. The molecule has 36 heavy (non-hydrogen) atoms. The van der Waals surface area contributed by atoms with Crippen LogP contribution in [-0.2, 0) is 27.2 Å². The molecule has 3 fully saturated rings. The van der Waals surface area contributed by atoms with E-state index < -0.39 is 11.6 Å². The number of nitrogens with zero attached hydrogens (tertiary/aromatic N) is 1. The zero-order chi connectivity index (χ0) is 24.2. The molecule has 1 unspecified atom stereocenters. The Morgan fingerprint density at radius 2 is 1.86 bits per heavy atom. The van der Waals surface area contributed by atoms with E-state index in [2.05, 4.69) is 46.3 Å². The number of carbonyl (C=O) groups is 1. The molecule has 2 aliphatic carbocycles. The maximum absolute atomic E-state index is 14.8. The van der Waals surface area contributed by atoms with Crippen molar-refractivity contribution in [2.75, 3.05) is 25.4 Å². The van der Waals surface area contributed by atoms with E-state index in [1.54, 1.807) is 12.2 Å². The van der Waals surface area contributed by atoms with Crippen molar-refractivity contribution in [3.8, 4) is 0 Å². The summed E-state index contributed by atoms with van der Waals surface area (Å²) < 4.78 is 17.5. The van der Waals surface area contributed by atoms with Gasteiger partial charge in [0.05, 0.1) is 0 Å². The van der Waals surface area contributed by atoms with Crippen molar-refractivity contribution in [3.63, 3.8) is 0 Å². The van der Waals surface area contributed by atoms with Crippen molar-refractivity contribution in [3.05, 3.63) is 35.9 Å². The van der Waals surface area contributed by atoms with Crippen molar-refractivity contribution in [2.24, 2.45) is 5.92 Å². The third kappa shape index (κ3) is 11.7. The van der Waals surface area contributed by atoms with Gasteiger partial charge in [0.1, 0.15) is 0 Å². The molecule has 205 valence electrons. The van der Waals surface area contributed by atoms with Crippen molar-refractivity contribution in [1.82, 2.24) is 14.9 Å². The summed E-state index contributed by atoms with van der Waals surface area (Å²) in [5.74, 6) is 1.43. The number of amides is 1. The zero-order valence-electron chi connectivity index (χ0n) is 21.8. The fraction of sp³-hybridized carbons (Fsp3) is 0.741. The van der Waals surface area contributed by atoms with Gasteiger partial charge in [-0.25, -0.2) is 16.5 Å². The molecule has 1 aliphatic heterocycles. The Labute approximate surface area is 242 Å². The van der Waals surface area contributed by atoms with Crippen molar-refractivity contribution >= 4 is 29.6 Å². The predicted octanol–water partition coefficient (Wildman–Crippen LogP) is 5.35. The standard InChI is InChI=1S/C27H43FN3OS2.Nb.H2O/c1-3-24(34-30-26(32)27(28)15-8-5-9-16-27)13-10-17-29-23(14-18-31-19-22(2)20-31)21-33-25-11-6-4-7-12-25;;/h3,13,17,22-23,25,29H,1,4-9,11-12,14-16,18-21H2,2H3,(H,30,32);;1H2/q-1;;/b24-13+;;. The third-order valence-electron chi connectivity index (χ3n) is 7.16. The number of likely N-dealkylation sites (tertiary alicyclic amines) is 1. The Bertz CT molecular complexity index is 707. The smallest absolute Gasteiger partial charge is 0.266 e. The monoisotopic (exact) mass is 619 g/mol. The first-order valence-corrected chi connectivity index (χ1v) is 15.0. The van der Waals surface area contributed by atoms with Crippen LogP contribution in [0, 0.1) is 12.0 Å². The Hall–Kier alpha value is -0.220. The molecule has 1 radical (unpaired) electrons. The molecule has 2 saturated carbocycles. The summed E-state index contributed by atoms with van der Waals surface area (Å²) in [5, 5.41) is 4.37. The Kier molecular flexibility index (Phi) is 17.0. The first-order chi connectivity index (χ1) is 16.5. The van der Waals surface area contributed by atoms with Crippen LogP contribution in [0.25, 0.3) is 0 Å². The number of nitrogens with one attached hydrogen (secondary N) is 2. The summed E-state index contributed by atoms with van der Waals surface area (Å²) in [5.41, 5.74) is -1.73. The van der Waals surface area contributed by atoms with Crippen LogP contribution in [0.2, 0.25) is 0 Å². The van der Waals surface area contributed by atoms with E-state index >= 15 is 0 Å². The van der Waals surface area contributed by atoms with E-state index in [-0.39, 0.29) is 27.9 Å². The van der Waals surface area contributed by atoms with Gasteiger partial charge in [-0.3, -0.25) is 4.79 Å². The van der Waals surface area contributed by atoms with Crippen LogP contribution in [0.5, 0.6) is 0 Å². The summed E-state index contributed by atoms with van der Waals surface area (Å²) in [7, 11) is 0. The van der Waals surface area contributed by atoms with Gasteiger partial charge in [0.2, 0.25) is 0 Å². The van der Waals surface area contributed by atoms with Gasteiger partial charge in [-0.2, -0.15) is 11.8 Å². The molecule has 3 rings (SSSR count). The van der Waals surface area contributed by atoms with E-state index in [1.165, 1.54) is 45.2 Å². The Morgan fingerprint density at radius 1 is 1.19 bits per heavy atom. The van der Waals surface area contributed by atoms with Crippen LogP contribution in [0.15, 0.2) is 29.8 Å². The summed E-state index contributed by atoms with van der Waals surface area (Å²) >= 11 is 3.25. The molecule has 5 nitrogen and oxygen atoms in total. The first kappa shape index (κ1) is 33.8. The number of hydrogen-bond donors (Lipinski definition) is 2. The average Bonchev–Trinajstić information content (AvgIpc) is 2.84. The number of thioether (sulfide) groups is 1. The molecule has 9 heteroatoms. The molecule has 4 N–H and O–H groups in total. The fourth-order valence-electron chi connectivity index (χ4n) is 5.00. The van der Waals surface area contributed by atoms with E-state index in [0.29, 0.717) is 18.9 Å². The molecule has 1 heterocycles. The van der Waals surface area contributed by atoms with E-state index in [0.717, 1.165) is 66.0 Å². The summed E-state index contributed by atoms with van der Waals surface area (Å²) in [6.07, 6.45) is 19.7. The summed E-state index contributed by atoms with van der Waals surface area (Å²) in [4.78, 5) is 15.6. The number of carbonyl (C=O) groups excluding carboxylic acids is 1. The summed E-state index contributed by atoms with van der Waals surface area (Å²) in [6, 6.07) is 0.418. The van der Waals surface area contributed by atoms with Crippen LogP contribution in [0.1, 0.15) is 77.6 Å². The molecule has 0 aromatic carbocycles. The molecule has 1 atom stereocenters. The maximum atomic E-state index is 14.8. The zero-order valence-corrected chi connectivity index (χ0v) is 25.6. The molecular weight excluding hydrogens is 574 g/mol. The largest absolute Gasteiger partial charge is 0.412 e. The molecule has 3 aliphatic rings. The first-order valence-electron chi connectivity index (χ1n) is 13.1. The Morgan fingerprint density at radius 3 is 2.50 bits per heavy atom. The molecule has 0 spiro atoms. The normalized spacial score (nSPS) is 22.1. The van der Waals surface area contributed by atoms with Crippen molar-refractivity contribution < 1.29 is 37.0 Å². The molecule has 1 amide bonds. The average molecular weight is 620 g/mol. The Balaban J connectivity index is 0.00000324. The minimum absolute atomic E-state index is 0. The predicted molar refractivity (Wildman–Crippen MR) is 149 cm³/mol. The number of alkyl halides is 1. The quantitative estimate of drug-likeness (QED) is 0.126. The van der Waals surface area contributed by atoms with Gasteiger partial charge in [0.15, 0.2) is 5.67 Å². The topological polar surface area (TPSA) is 75.9 Å². The number of hydrogen-bond acceptors (Lipinski definition) is 5. The maximum Gasteiger partial charge on any atom is 0.266 e. The van der Waals surface area contributed by atoms with Gasteiger partial charge >= 0.3 is 0 Å². The van der Waals surface area contributed by atoms with Crippen molar-refractivity contribution in [2.45, 2.75) is 94.5 Å². The summed E-state index contributed by atoms with van der Waals surface area (Å²) in [6.45, 7) is 9.72. The number of allylic oxidation sites excluding steroid dienone is 3. The van der Waals surface area contributed by atoms with Gasteiger partial charge in [-0.1, -0.05) is 38.8 Å². The van der Waals surface area contributed by atoms with Gasteiger partial charge < -0.3 is 20.4 Å². The van der Waals surface area contributed by atoms with E-state index in [4.69, 9.17) is 0 Å². The second kappa shape index (κ2) is 18.1. The van der Waals surface area contributed by atoms with Crippen LogP contribution >= 0.6 is 23.7 Å². The molecule has 1 saturated heterocycles. The second-order valence-electron chi connectivity index (χ2n) is 10.2. The molecule has 0 bridgehead atoms. The van der Waals surface area contributed by atoms with Gasteiger partial charge in [0.25, 0.3) is 5.91 Å². The van der Waals surface area contributed by atoms with Crippen molar-refractivity contribution in [1.29, 1.82) is 0 Å². The van der Waals surface area contributed by atoms with Crippen LogP contribution in [0.3, 0.4) is 0 Å². The molecule has 0 aromatic heterocycles. The SMILES string of the molecule is C=C/C(=C\[C-]=CNC(CCN1CC(C)C1)CSC1CCCCC1)SNC(=O)C1(F)CCCCC1.O.[Nb]. The van der Waals surface area contributed by atoms with Gasteiger partial charge in [-0.05, 0) is 50.9 Å². The third-order valence-corrected chi connectivity index (χ3v) is 9.51. The van der Waals surface area contributed by atoms with E-state index in [1.807, 2.05) is 6.20 Å². The molecular formula is C27H45FN3NbO2S2-. The fourth-order valence-corrected chi connectivity index (χ4v) is 7.04. The van der Waals surface area contributed by atoms with Crippen LogP contribution in [-0.4, -0.2) is 58.6 Å². The minimum Gasteiger partial charge on any atom is -0.412 e. The second-order valence-corrected chi connectivity index (χ2v) is 12.4. The number of halogens is 1. The molecule has 0 aromatic rings. The minimum atomic E-state index is -1.73. The van der Waals surface area contributed by atoms with E-state index in [9.17, 15) is 9.18 Å². The van der Waals surface area contributed by atoms with Gasteiger partial charge in [0, 0.05) is 59.1 Å². The van der Waals surface area contributed by atoms with Crippen LogP contribution < -0.4 is 10.0 Å². The van der Waals surface area contributed by atoms with Gasteiger partial charge in [-0.15, -0.1) is 29.5 Å². The van der Waals surface area contributed by atoms with Crippen LogP contribution in [0.4, 0.5) is 4.39 Å².